The molecule has 0 radical (unpaired) electrons. The van der Waals surface area contributed by atoms with Crippen LogP contribution in [0.1, 0.15) is 11.1 Å². The van der Waals surface area contributed by atoms with Gasteiger partial charge in [-0.15, -0.1) is 0 Å². The summed E-state index contributed by atoms with van der Waals surface area (Å²) in [7, 11) is 1.60. The Hall–Kier alpha value is -3.16. The van der Waals surface area contributed by atoms with Crippen molar-refractivity contribution in [3.63, 3.8) is 0 Å². The minimum absolute atomic E-state index is 0.0757. The van der Waals surface area contributed by atoms with Gasteiger partial charge in [0, 0.05) is 0 Å². The number of nitrogens with zero attached hydrogens (tertiary/aromatic N) is 2. The summed E-state index contributed by atoms with van der Waals surface area (Å²) < 4.78 is 14.6. The molecule has 31 heavy (non-hydrogen) atoms. The largest absolute Gasteiger partial charge is 0.493 e. The molecule has 0 bridgehead atoms. The van der Waals surface area contributed by atoms with E-state index in [2.05, 4.69) is 20.9 Å². The Labute approximate surface area is 190 Å². The quantitative estimate of drug-likeness (QED) is 0.353. The molecule has 2 heterocycles. The van der Waals surface area contributed by atoms with Crippen LogP contribution in [0.15, 0.2) is 76.0 Å². The molecule has 0 fully saturated rings. The highest BCUT2D eigenvalue weighted by molar-refractivity contribution is 9.10. The molecule has 2 aromatic heterocycles. The summed E-state index contributed by atoms with van der Waals surface area (Å²) in [5, 5.41) is 0. The maximum Gasteiger partial charge on any atom is 0.274 e. The Balaban J connectivity index is 1.53. The van der Waals surface area contributed by atoms with Crippen LogP contribution in [-0.2, 0) is 6.61 Å². The second kappa shape index (κ2) is 8.17. The summed E-state index contributed by atoms with van der Waals surface area (Å²) in [6.07, 6.45) is 1.85. The summed E-state index contributed by atoms with van der Waals surface area (Å²) in [5.41, 5.74) is 3.47. The Morgan fingerprint density at radius 1 is 1.10 bits per heavy atom. The molecule has 3 aromatic carbocycles. The highest BCUT2D eigenvalue weighted by Crippen LogP contribution is 2.37. The van der Waals surface area contributed by atoms with E-state index in [4.69, 9.17) is 9.47 Å². The van der Waals surface area contributed by atoms with E-state index in [1.54, 1.807) is 11.5 Å². The molecule has 0 spiro atoms. The molecule has 0 saturated heterocycles. The summed E-state index contributed by atoms with van der Waals surface area (Å²) in [6.45, 7) is 0.429. The molecule has 154 valence electrons. The van der Waals surface area contributed by atoms with E-state index in [-0.39, 0.29) is 5.56 Å². The van der Waals surface area contributed by atoms with Crippen molar-refractivity contribution in [3.8, 4) is 11.5 Å². The number of fused-ring (bicyclic) bond motifs is 3. The predicted octanol–water partition coefficient (Wildman–Crippen LogP) is 4.81. The number of methoxy groups -OCH3 is 1. The monoisotopic (exact) mass is 492 g/mol. The van der Waals surface area contributed by atoms with Crippen molar-refractivity contribution < 1.29 is 9.47 Å². The Morgan fingerprint density at radius 2 is 1.87 bits per heavy atom. The highest BCUT2D eigenvalue weighted by Gasteiger charge is 2.13. The van der Waals surface area contributed by atoms with E-state index in [1.807, 2.05) is 72.8 Å². The summed E-state index contributed by atoms with van der Waals surface area (Å²) in [6, 6.07) is 21.4. The molecule has 7 heteroatoms. The molecule has 0 aliphatic rings. The SMILES string of the molecule is COc1cc(C=c2sc3nc4ccccc4n3c2=O)cc(Br)c1OCc1ccccc1. The fraction of sp³-hybridized carbons (Fsp3) is 0.0833. The number of halogens is 1. The van der Waals surface area contributed by atoms with Crippen LogP contribution in [0.25, 0.3) is 22.1 Å². The van der Waals surface area contributed by atoms with Gasteiger partial charge < -0.3 is 9.47 Å². The average Bonchev–Trinajstić information content (AvgIpc) is 3.29. The van der Waals surface area contributed by atoms with E-state index in [1.165, 1.54) is 11.3 Å². The van der Waals surface area contributed by atoms with Crippen molar-refractivity contribution in [2.24, 2.45) is 0 Å². The first-order valence-electron chi connectivity index (χ1n) is 9.60. The van der Waals surface area contributed by atoms with Crippen LogP contribution < -0.4 is 19.6 Å². The molecule has 0 N–H and O–H groups in total. The van der Waals surface area contributed by atoms with E-state index < -0.39 is 0 Å². The molecular formula is C24H17BrN2O3S. The van der Waals surface area contributed by atoms with Gasteiger partial charge in [-0.2, -0.15) is 0 Å². The Morgan fingerprint density at radius 3 is 2.68 bits per heavy atom. The van der Waals surface area contributed by atoms with Gasteiger partial charge in [-0.1, -0.05) is 53.8 Å². The minimum Gasteiger partial charge on any atom is -0.493 e. The van der Waals surface area contributed by atoms with Gasteiger partial charge in [-0.25, -0.2) is 9.38 Å². The molecule has 0 amide bonds. The molecule has 5 rings (SSSR count). The number of hydrogen-bond donors (Lipinski definition) is 0. The number of hydrogen-bond acceptors (Lipinski definition) is 5. The smallest absolute Gasteiger partial charge is 0.274 e. The summed E-state index contributed by atoms with van der Waals surface area (Å²) in [4.78, 5) is 18.3. The van der Waals surface area contributed by atoms with Crippen LogP contribution in [0.3, 0.4) is 0 Å². The van der Waals surface area contributed by atoms with Gasteiger partial charge in [-0.05, 0) is 57.4 Å². The van der Waals surface area contributed by atoms with Gasteiger partial charge in [-0.3, -0.25) is 4.79 Å². The molecule has 5 aromatic rings. The first-order chi connectivity index (χ1) is 15.1. The zero-order chi connectivity index (χ0) is 21.4. The first kappa shape index (κ1) is 19.8. The van der Waals surface area contributed by atoms with E-state index >= 15 is 0 Å². The van der Waals surface area contributed by atoms with E-state index in [0.29, 0.717) is 27.6 Å². The van der Waals surface area contributed by atoms with Gasteiger partial charge in [0.15, 0.2) is 16.5 Å². The first-order valence-corrected chi connectivity index (χ1v) is 11.2. The lowest BCUT2D eigenvalue weighted by Crippen LogP contribution is -2.22. The minimum atomic E-state index is -0.0757. The van der Waals surface area contributed by atoms with Crippen LogP contribution in [0.4, 0.5) is 0 Å². The topological polar surface area (TPSA) is 52.8 Å². The zero-order valence-electron chi connectivity index (χ0n) is 16.5. The number of para-hydroxylation sites is 2. The Kier molecular flexibility index (Phi) is 5.21. The number of imidazole rings is 1. The van der Waals surface area contributed by atoms with Crippen LogP contribution in [0, 0.1) is 0 Å². The fourth-order valence-electron chi connectivity index (χ4n) is 3.46. The van der Waals surface area contributed by atoms with Crippen molar-refractivity contribution in [1.29, 1.82) is 0 Å². The normalized spacial score (nSPS) is 12.0. The maximum absolute atomic E-state index is 13.0. The molecule has 0 aliphatic heterocycles. The molecule has 0 saturated carbocycles. The third-order valence-electron chi connectivity index (χ3n) is 4.92. The van der Waals surface area contributed by atoms with Gasteiger partial charge in [0.1, 0.15) is 6.61 Å². The molecule has 0 aliphatic carbocycles. The lowest BCUT2D eigenvalue weighted by molar-refractivity contribution is 0.282. The summed E-state index contributed by atoms with van der Waals surface area (Å²) >= 11 is 4.96. The van der Waals surface area contributed by atoms with Crippen molar-refractivity contribution in [1.82, 2.24) is 9.38 Å². The fourth-order valence-corrected chi connectivity index (χ4v) is 5.02. The van der Waals surface area contributed by atoms with Crippen LogP contribution >= 0.6 is 27.3 Å². The predicted molar refractivity (Wildman–Crippen MR) is 127 cm³/mol. The van der Waals surface area contributed by atoms with E-state index in [0.717, 1.165) is 26.6 Å². The number of thiazole rings is 1. The van der Waals surface area contributed by atoms with Crippen molar-refractivity contribution in [3.05, 3.63) is 97.2 Å². The van der Waals surface area contributed by atoms with Gasteiger partial charge in [0.25, 0.3) is 5.56 Å². The molecule has 0 atom stereocenters. The van der Waals surface area contributed by atoms with Crippen LogP contribution in [-0.4, -0.2) is 16.5 Å². The number of rotatable bonds is 5. The molecular weight excluding hydrogens is 476 g/mol. The van der Waals surface area contributed by atoms with Crippen molar-refractivity contribution in [2.75, 3.05) is 7.11 Å². The maximum atomic E-state index is 13.0. The Bertz CT molecular complexity index is 1510. The second-order valence-electron chi connectivity index (χ2n) is 6.94. The lowest BCUT2D eigenvalue weighted by Gasteiger charge is -2.13. The number of ether oxygens (including phenoxy) is 2. The van der Waals surface area contributed by atoms with Crippen LogP contribution in [0.5, 0.6) is 11.5 Å². The van der Waals surface area contributed by atoms with Gasteiger partial charge >= 0.3 is 0 Å². The molecule has 0 unspecified atom stereocenters. The van der Waals surface area contributed by atoms with Gasteiger partial charge in [0.05, 0.1) is 27.1 Å². The van der Waals surface area contributed by atoms with Crippen molar-refractivity contribution in [2.45, 2.75) is 6.61 Å². The zero-order valence-corrected chi connectivity index (χ0v) is 18.9. The van der Waals surface area contributed by atoms with Crippen LogP contribution in [0.2, 0.25) is 0 Å². The average molecular weight is 493 g/mol. The highest BCUT2D eigenvalue weighted by atomic mass is 79.9. The molecule has 5 nitrogen and oxygen atoms in total. The number of benzene rings is 3. The third kappa shape index (κ3) is 3.71. The van der Waals surface area contributed by atoms with Crippen molar-refractivity contribution >= 4 is 49.3 Å². The van der Waals surface area contributed by atoms with Gasteiger partial charge in [0.2, 0.25) is 0 Å². The third-order valence-corrected chi connectivity index (χ3v) is 6.48. The summed E-state index contributed by atoms with van der Waals surface area (Å²) in [5.74, 6) is 1.22. The second-order valence-corrected chi connectivity index (χ2v) is 8.81. The lowest BCUT2D eigenvalue weighted by atomic mass is 10.2. The van der Waals surface area contributed by atoms with E-state index in [9.17, 15) is 4.79 Å². The number of aromatic nitrogens is 2. The standard InChI is InChI=1S/C24H17BrN2O3S/c1-29-20-12-16(11-17(25)22(20)30-14-15-7-3-2-4-8-15)13-21-23(28)27-19-10-6-5-9-18(19)26-24(27)31-21/h2-13H,14H2,1H3.